The van der Waals surface area contributed by atoms with Gasteiger partial charge in [-0.2, -0.15) is 0 Å². The number of aromatic nitrogens is 1. The first-order chi connectivity index (χ1) is 14.1. The molecule has 5 nitrogen and oxygen atoms in total. The number of carbonyl (C=O) groups is 1. The molecule has 0 spiro atoms. The van der Waals surface area contributed by atoms with Gasteiger partial charge in [0.1, 0.15) is 0 Å². The number of benzene rings is 2. The van der Waals surface area contributed by atoms with E-state index in [-0.39, 0.29) is 11.5 Å². The van der Waals surface area contributed by atoms with Crippen LogP contribution in [0.15, 0.2) is 65.5 Å². The van der Waals surface area contributed by atoms with E-state index in [2.05, 4.69) is 11.9 Å². The van der Waals surface area contributed by atoms with Crippen LogP contribution in [-0.4, -0.2) is 53.5 Å². The van der Waals surface area contributed by atoms with Crippen molar-refractivity contribution in [3.8, 4) is 22.4 Å². The van der Waals surface area contributed by atoms with Gasteiger partial charge in [0.15, 0.2) is 0 Å². The van der Waals surface area contributed by atoms with Crippen LogP contribution in [0.25, 0.3) is 22.4 Å². The molecule has 0 unspecified atom stereocenters. The highest BCUT2D eigenvalue weighted by Gasteiger charge is 2.30. The van der Waals surface area contributed by atoms with Crippen molar-refractivity contribution in [3.05, 3.63) is 82.1 Å². The van der Waals surface area contributed by atoms with Crippen LogP contribution in [0.5, 0.6) is 0 Å². The third-order valence-corrected chi connectivity index (χ3v) is 6.00. The lowest BCUT2D eigenvalue weighted by atomic mass is 9.99. The summed E-state index contributed by atoms with van der Waals surface area (Å²) in [6.07, 6.45) is 0. The molecule has 0 N–H and O–H groups in total. The molecule has 2 aliphatic rings. The summed E-state index contributed by atoms with van der Waals surface area (Å²) in [5.74, 6) is 0.00994. The average molecular weight is 385 g/mol. The van der Waals surface area contributed by atoms with Crippen molar-refractivity contribution in [2.75, 3.05) is 33.2 Å². The highest BCUT2D eigenvalue weighted by Crippen LogP contribution is 2.35. The monoisotopic (exact) mass is 385 g/mol. The van der Waals surface area contributed by atoms with Crippen molar-refractivity contribution in [2.45, 2.75) is 6.54 Å². The third-order valence-electron chi connectivity index (χ3n) is 6.00. The van der Waals surface area contributed by atoms with Gasteiger partial charge in [0.25, 0.3) is 11.5 Å². The van der Waals surface area contributed by atoms with Crippen molar-refractivity contribution in [3.63, 3.8) is 0 Å². The number of nitrogens with zero attached hydrogens (tertiary/aromatic N) is 3. The fraction of sp³-hybridized carbons (Fsp3) is 0.250. The highest BCUT2D eigenvalue weighted by atomic mass is 16.2. The number of likely N-dealkylation sites (N-methyl/N-ethyl adjacent to an activating group) is 1. The number of carbonyl (C=O) groups excluding carboxylic acids is 1. The average Bonchev–Trinajstić information content (AvgIpc) is 3.15. The van der Waals surface area contributed by atoms with E-state index in [1.165, 1.54) is 0 Å². The Labute approximate surface area is 169 Å². The summed E-state index contributed by atoms with van der Waals surface area (Å²) >= 11 is 0. The molecular formula is C24H23N3O2. The number of pyridine rings is 1. The van der Waals surface area contributed by atoms with Gasteiger partial charge in [-0.15, -0.1) is 0 Å². The molecule has 1 amide bonds. The second-order valence-corrected chi connectivity index (χ2v) is 7.83. The van der Waals surface area contributed by atoms with Gasteiger partial charge in [-0.05, 0) is 24.2 Å². The molecule has 1 saturated heterocycles. The first-order valence-electron chi connectivity index (χ1n) is 10.0. The van der Waals surface area contributed by atoms with Crippen molar-refractivity contribution in [1.29, 1.82) is 0 Å². The zero-order valence-electron chi connectivity index (χ0n) is 16.5. The Morgan fingerprint density at radius 1 is 0.862 bits per heavy atom. The number of fused-ring (bicyclic) bond motifs is 3. The number of rotatable bonds is 2. The molecule has 3 heterocycles. The second kappa shape index (κ2) is 7.01. The quantitative estimate of drug-likeness (QED) is 0.533. The van der Waals surface area contributed by atoms with E-state index in [0.717, 1.165) is 35.5 Å². The van der Waals surface area contributed by atoms with Crippen LogP contribution in [0, 0.1) is 0 Å². The van der Waals surface area contributed by atoms with E-state index in [4.69, 9.17) is 0 Å². The van der Waals surface area contributed by atoms with Gasteiger partial charge in [-0.25, -0.2) is 0 Å². The Bertz CT molecular complexity index is 1140. The normalized spacial score (nSPS) is 15.8. The lowest BCUT2D eigenvalue weighted by Crippen LogP contribution is -2.47. The van der Waals surface area contributed by atoms with Crippen LogP contribution in [0.4, 0.5) is 0 Å². The maximum Gasteiger partial charge on any atom is 0.259 e. The van der Waals surface area contributed by atoms with Gasteiger partial charge in [-0.3, -0.25) is 9.59 Å². The maximum atomic E-state index is 13.6. The molecule has 0 saturated carbocycles. The molecule has 1 aromatic heterocycles. The summed E-state index contributed by atoms with van der Waals surface area (Å²) in [4.78, 5) is 31.1. The predicted octanol–water partition coefficient (Wildman–Crippen LogP) is 2.93. The first-order valence-corrected chi connectivity index (χ1v) is 10.0. The van der Waals surface area contributed by atoms with Crippen LogP contribution in [-0.2, 0) is 6.54 Å². The largest absolute Gasteiger partial charge is 0.336 e. The lowest BCUT2D eigenvalue weighted by Gasteiger charge is -2.33. The first kappa shape index (κ1) is 17.9. The second-order valence-electron chi connectivity index (χ2n) is 7.83. The summed E-state index contributed by atoms with van der Waals surface area (Å²) < 4.78 is 1.77. The molecule has 5 heteroatoms. The molecule has 5 rings (SSSR count). The van der Waals surface area contributed by atoms with Crippen LogP contribution in [0.3, 0.4) is 0 Å². The number of hydrogen-bond acceptors (Lipinski definition) is 3. The van der Waals surface area contributed by atoms with E-state index in [0.29, 0.717) is 30.8 Å². The van der Waals surface area contributed by atoms with Crippen LogP contribution < -0.4 is 5.56 Å². The topological polar surface area (TPSA) is 45.6 Å². The number of amides is 1. The van der Waals surface area contributed by atoms with E-state index < -0.39 is 0 Å². The van der Waals surface area contributed by atoms with Crippen molar-refractivity contribution in [1.82, 2.24) is 14.4 Å². The van der Waals surface area contributed by atoms with E-state index in [9.17, 15) is 9.59 Å². The van der Waals surface area contributed by atoms with Gasteiger partial charge in [0.2, 0.25) is 0 Å². The summed E-state index contributed by atoms with van der Waals surface area (Å²) in [7, 11) is 2.07. The van der Waals surface area contributed by atoms with Crippen LogP contribution in [0.1, 0.15) is 15.9 Å². The minimum Gasteiger partial charge on any atom is -0.336 e. The van der Waals surface area contributed by atoms with E-state index in [1.54, 1.807) is 4.57 Å². The van der Waals surface area contributed by atoms with Gasteiger partial charge in [-0.1, -0.05) is 54.6 Å². The van der Waals surface area contributed by atoms with Gasteiger partial charge in [0.05, 0.1) is 17.8 Å². The third kappa shape index (κ3) is 2.98. The van der Waals surface area contributed by atoms with Crippen molar-refractivity contribution in [2.24, 2.45) is 0 Å². The standard InChI is InChI=1S/C24H23N3O2/c1-25-11-13-26(14-12-25)23(28)21-15-20(17-7-3-2-4-8-17)24(29)27-16-18-9-5-6-10-19(18)22(21)27/h2-10,15H,11-14,16H2,1H3. The minimum atomic E-state index is -0.0441. The smallest absolute Gasteiger partial charge is 0.259 e. The summed E-state index contributed by atoms with van der Waals surface area (Å²) in [6.45, 7) is 3.64. The Morgan fingerprint density at radius 2 is 1.55 bits per heavy atom. The zero-order valence-corrected chi connectivity index (χ0v) is 16.5. The Balaban J connectivity index is 1.70. The summed E-state index contributed by atoms with van der Waals surface area (Å²) in [6, 6.07) is 19.4. The van der Waals surface area contributed by atoms with Crippen molar-refractivity contribution >= 4 is 5.91 Å². The van der Waals surface area contributed by atoms with Gasteiger partial charge in [0, 0.05) is 37.3 Å². The van der Waals surface area contributed by atoms with Crippen molar-refractivity contribution < 1.29 is 4.79 Å². The van der Waals surface area contributed by atoms with E-state index in [1.807, 2.05) is 65.6 Å². The summed E-state index contributed by atoms with van der Waals surface area (Å²) in [5.41, 5.74) is 4.84. The Hall–Kier alpha value is -3.18. The fourth-order valence-corrected chi connectivity index (χ4v) is 4.34. The highest BCUT2D eigenvalue weighted by molar-refractivity contribution is 6.02. The molecule has 3 aromatic rings. The minimum absolute atomic E-state index is 0.00994. The number of hydrogen-bond donors (Lipinski definition) is 0. The molecule has 29 heavy (non-hydrogen) atoms. The maximum absolute atomic E-state index is 13.6. The van der Waals surface area contributed by atoms with Crippen LogP contribution in [0.2, 0.25) is 0 Å². The molecule has 0 aliphatic carbocycles. The lowest BCUT2D eigenvalue weighted by molar-refractivity contribution is 0.0664. The Morgan fingerprint density at radius 3 is 2.31 bits per heavy atom. The molecule has 0 radical (unpaired) electrons. The van der Waals surface area contributed by atoms with E-state index >= 15 is 0 Å². The molecular weight excluding hydrogens is 362 g/mol. The van der Waals surface area contributed by atoms with Crippen LogP contribution >= 0.6 is 0 Å². The SMILES string of the molecule is CN1CCN(C(=O)c2cc(-c3ccccc3)c(=O)n3c2-c2ccccc2C3)CC1. The van der Waals surface area contributed by atoms with Gasteiger partial charge < -0.3 is 14.4 Å². The molecule has 2 aromatic carbocycles. The summed E-state index contributed by atoms with van der Waals surface area (Å²) in [5, 5.41) is 0. The number of piperazine rings is 1. The molecule has 0 atom stereocenters. The molecule has 0 bridgehead atoms. The molecule has 2 aliphatic heterocycles. The predicted molar refractivity (Wildman–Crippen MR) is 114 cm³/mol. The molecule has 146 valence electrons. The Kier molecular flexibility index (Phi) is 4.32. The molecule has 1 fully saturated rings. The van der Waals surface area contributed by atoms with Gasteiger partial charge >= 0.3 is 0 Å². The zero-order chi connectivity index (χ0) is 20.0. The fourth-order valence-electron chi connectivity index (χ4n) is 4.34.